The van der Waals surface area contributed by atoms with Gasteiger partial charge in [0.1, 0.15) is 23.2 Å². The van der Waals surface area contributed by atoms with E-state index in [1.54, 1.807) is 0 Å². The molecule has 0 fully saturated rings. The Balaban J connectivity index is 0.00000378. The van der Waals surface area contributed by atoms with Crippen LogP contribution in [0.15, 0.2) is 54.6 Å². The largest absolute Gasteiger partial charge is 2.00 e. The zero-order valence-corrected chi connectivity index (χ0v) is 30.0. The molecule has 0 spiro atoms. The van der Waals surface area contributed by atoms with Crippen molar-refractivity contribution < 1.29 is 16.5 Å². The van der Waals surface area contributed by atoms with E-state index in [0.717, 1.165) is 44.2 Å². The van der Waals surface area contributed by atoms with E-state index in [-0.39, 0.29) is 44.3 Å². The summed E-state index contributed by atoms with van der Waals surface area (Å²) in [4.78, 5) is 39.1. The molecule has 0 unspecified atom stereocenters. The summed E-state index contributed by atoms with van der Waals surface area (Å²) in [6.07, 6.45) is 0. The molecule has 5 heterocycles. The van der Waals surface area contributed by atoms with Gasteiger partial charge in [-0.1, -0.05) is 98.7 Å². The van der Waals surface area contributed by atoms with Crippen LogP contribution in [0.2, 0.25) is 0 Å². The van der Waals surface area contributed by atoms with Gasteiger partial charge in [0, 0.05) is 33.5 Å². The van der Waals surface area contributed by atoms with Crippen LogP contribution in [0.5, 0.6) is 0 Å². The third kappa shape index (κ3) is 5.70. The topological polar surface area (TPSA) is 131 Å². The third-order valence-electron chi connectivity index (χ3n) is 9.00. The molecule has 49 heavy (non-hydrogen) atoms. The fraction of sp³-hybridized carbons (Fsp3) is 0.316. The van der Waals surface area contributed by atoms with Crippen LogP contribution in [0.1, 0.15) is 79.0 Å². The van der Waals surface area contributed by atoms with Crippen molar-refractivity contribution in [2.24, 2.45) is 0 Å². The van der Waals surface area contributed by atoms with E-state index in [0.29, 0.717) is 34.6 Å². The number of benzene rings is 3. The van der Waals surface area contributed by atoms with Crippen molar-refractivity contribution in [3.8, 4) is 45.6 Å². The molecule has 248 valence electrons. The summed E-state index contributed by atoms with van der Waals surface area (Å²) < 4.78 is 0. The van der Waals surface area contributed by atoms with Crippen molar-refractivity contribution in [1.82, 2.24) is 50.1 Å². The predicted octanol–water partition coefficient (Wildman–Crippen LogP) is 7.65. The molecule has 8 bridgehead atoms. The molecule has 0 saturated heterocycles. The number of aromatic nitrogens is 10. The summed E-state index contributed by atoms with van der Waals surface area (Å²) in [6.45, 7) is 19.7. The minimum absolute atomic E-state index is 0. The maximum atomic E-state index is 5.11. The van der Waals surface area contributed by atoms with Crippen LogP contribution >= 0.6 is 0 Å². The first-order valence-electron chi connectivity index (χ1n) is 16.2. The molecule has 11 heteroatoms. The van der Waals surface area contributed by atoms with E-state index < -0.39 is 0 Å². The van der Waals surface area contributed by atoms with Crippen LogP contribution in [-0.2, 0) is 32.7 Å². The Morgan fingerprint density at radius 3 is 1.33 bits per heavy atom. The number of nitrogens with zero attached hydrogens (tertiary/aromatic N) is 10. The van der Waals surface area contributed by atoms with Gasteiger partial charge in [-0.25, -0.2) is 20.2 Å². The van der Waals surface area contributed by atoms with E-state index in [2.05, 4.69) is 126 Å². The minimum atomic E-state index is -0.0788. The smallest absolute Gasteiger partial charge is 0.357 e. The molecule has 8 rings (SSSR count). The van der Waals surface area contributed by atoms with E-state index in [9.17, 15) is 0 Å². The molecule has 3 aromatic heterocycles. The summed E-state index contributed by atoms with van der Waals surface area (Å²) >= 11 is 0. The standard InChI is InChI=1S/C38H36N10.Ni/c1-36(2,3)19-10-13-22-25(16-19)31-39-28(22)40-32-26-17-20(37(4,5)6)12-15-24(26)30(43-32)44-34-46-35(48-47-34)45-33-27-18-21(38(7,8)9)11-14-23(27)29(41-31)42-33;/h10-18H,1-9H3;/q-2;+2. The summed E-state index contributed by atoms with van der Waals surface area (Å²) in [6, 6.07) is 19.0. The summed E-state index contributed by atoms with van der Waals surface area (Å²) in [5.41, 5.74) is 7.76. The second-order valence-electron chi connectivity index (χ2n) is 15.7. The van der Waals surface area contributed by atoms with Gasteiger partial charge in [0.05, 0.1) is 11.6 Å². The quantitative estimate of drug-likeness (QED) is 0.146. The Labute approximate surface area is 294 Å². The Bertz CT molecular complexity index is 2470. The molecule has 2 aliphatic rings. The maximum Gasteiger partial charge on any atom is 2.00 e. The third-order valence-corrected chi connectivity index (χ3v) is 9.00. The number of hydrogen-bond donors (Lipinski definition) is 0. The average Bonchev–Trinajstić information content (AvgIpc) is 3.77. The Kier molecular flexibility index (Phi) is 7.38. The van der Waals surface area contributed by atoms with E-state index in [4.69, 9.17) is 34.9 Å². The molecule has 0 amide bonds. The van der Waals surface area contributed by atoms with E-state index in [1.165, 1.54) is 5.56 Å². The Hall–Kier alpha value is -4.89. The first kappa shape index (κ1) is 32.7. The van der Waals surface area contributed by atoms with Gasteiger partial charge in [-0.15, -0.1) is 0 Å². The van der Waals surface area contributed by atoms with Crippen molar-refractivity contribution >= 4 is 33.6 Å². The van der Waals surface area contributed by atoms with Gasteiger partial charge in [0.2, 0.25) is 0 Å². The molecule has 0 saturated carbocycles. The molecule has 0 N–H and O–H groups in total. The summed E-state index contributed by atoms with van der Waals surface area (Å²) in [5, 5.41) is 10.2. The molecule has 3 aromatic carbocycles. The second-order valence-corrected chi connectivity index (χ2v) is 15.7. The van der Waals surface area contributed by atoms with Crippen molar-refractivity contribution in [3.63, 3.8) is 0 Å². The molecular weight excluding hydrogens is 655 g/mol. The Morgan fingerprint density at radius 1 is 0.408 bits per heavy atom. The van der Waals surface area contributed by atoms with Gasteiger partial charge >= 0.3 is 16.5 Å². The molecule has 0 radical (unpaired) electrons. The van der Waals surface area contributed by atoms with Crippen molar-refractivity contribution in [2.75, 3.05) is 0 Å². The van der Waals surface area contributed by atoms with Gasteiger partial charge in [0.15, 0.2) is 0 Å². The van der Waals surface area contributed by atoms with Gasteiger partial charge in [-0.05, 0) is 61.9 Å². The molecule has 0 atom stereocenters. The summed E-state index contributed by atoms with van der Waals surface area (Å²) in [5.74, 6) is 2.29. The van der Waals surface area contributed by atoms with Crippen LogP contribution in [-0.4, -0.2) is 40.1 Å². The molecule has 0 aliphatic carbocycles. The van der Waals surface area contributed by atoms with Crippen molar-refractivity contribution in [1.29, 1.82) is 0 Å². The van der Waals surface area contributed by atoms with Crippen LogP contribution in [0.25, 0.3) is 79.2 Å². The first-order chi connectivity index (χ1) is 22.6. The van der Waals surface area contributed by atoms with Gasteiger partial charge in [0.25, 0.3) is 0 Å². The molecule has 6 aromatic rings. The monoisotopic (exact) mass is 690 g/mol. The first-order valence-corrected chi connectivity index (χ1v) is 16.2. The van der Waals surface area contributed by atoms with Crippen molar-refractivity contribution in [3.05, 3.63) is 71.3 Å². The fourth-order valence-corrected chi connectivity index (χ4v) is 6.05. The minimum Gasteiger partial charge on any atom is -0.357 e. The van der Waals surface area contributed by atoms with Crippen LogP contribution in [0.4, 0.5) is 0 Å². The van der Waals surface area contributed by atoms with E-state index in [1.807, 2.05) is 6.07 Å². The SMILES string of the molecule is CC(C)(C)c1ccc2c(c1)-c1nc-2nc2[n-]c(nc3nc(nc4nnc(n1)[n-]4)-c1ccc(C(C)(C)C)cc1-3)c1ccc(C(C)(C)C)cc21.[Ni+2]. The Morgan fingerprint density at radius 2 is 0.816 bits per heavy atom. The average molecular weight is 691 g/mol. The molecular formula is C38H36N10Ni. The number of fused-ring (bicyclic) bond motifs is 17. The van der Waals surface area contributed by atoms with Crippen LogP contribution in [0.3, 0.4) is 0 Å². The van der Waals surface area contributed by atoms with Crippen LogP contribution < -0.4 is 9.97 Å². The maximum absolute atomic E-state index is 5.11. The predicted molar refractivity (Wildman–Crippen MR) is 188 cm³/mol. The molecule has 10 nitrogen and oxygen atoms in total. The van der Waals surface area contributed by atoms with Crippen molar-refractivity contribution in [2.45, 2.75) is 78.6 Å². The van der Waals surface area contributed by atoms with Crippen LogP contribution in [0, 0.1) is 0 Å². The van der Waals surface area contributed by atoms with Gasteiger partial charge in [-0.2, -0.15) is 0 Å². The number of hydrogen-bond acceptors (Lipinski definition) is 8. The van der Waals surface area contributed by atoms with E-state index >= 15 is 0 Å². The zero-order chi connectivity index (χ0) is 33.7. The normalized spacial score (nSPS) is 12.8. The number of rotatable bonds is 0. The second kappa shape index (κ2) is 11.1. The zero-order valence-electron chi connectivity index (χ0n) is 29.0. The molecule has 2 aliphatic heterocycles. The fourth-order valence-electron chi connectivity index (χ4n) is 6.05. The van der Waals surface area contributed by atoms with Gasteiger partial charge < -0.3 is 15.0 Å². The summed E-state index contributed by atoms with van der Waals surface area (Å²) in [7, 11) is 0. The van der Waals surface area contributed by atoms with Gasteiger partial charge in [-0.3, -0.25) is 15.0 Å².